The van der Waals surface area contributed by atoms with E-state index in [1.165, 1.54) is 12.1 Å². The second-order valence-electron chi connectivity index (χ2n) is 5.11. The van der Waals surface area contributed by atoms with Crippen molar-refractivity contribution in [1.82, 2.24) is 4.72 Å². The van der Waals surface area contributed by atoms with Crippen molar-refractivity contribution < 1.29 is 17.9 Å². The molecule has 0 aliphatic rings. The second kappa shape index (κ2) is 8.98. The van der Waals surface area contributed by atoms with Crippen LogP contribution in [0.2, 0.25) is 0 Å². The summed E-state index contributed by atoms with van der Waals surface area (Å²) in [5.41, 5.74) is 0.628. The summed E-state index contributed by atoms with van der Waals surface area (Å²) >= 11 is 3.23. The van der Waals surface area contributed by atoms with E-state index in [1.54, 1.807) is 36.4 Å². The van der Waals surface area contributed by atoms with Crippen LogP contribution in [0, 0.1) is 0 Å². The standard InChI is InChI=1S/C17H19BrN2O4S/c1-2-24-15-8-6-14(7-9-15)20-17(21)10-11-19-25(22,23)16-5-3-4-13(18)12-16/h3-9,12,19H,2,10-11H2,1H3,(H,20,21). The number of hydrogen-bond acceptors (Lipinski definition) is 4. The third kappa shape index (κ3) is 6.15. The molecule has 25 heavy (non-hydrogen) atoms. The molecule has 6 nitrogen and oxygen atoms in total. The first kappa shape index (κ1) is 19.4. The van der Waals surface area contributed by atoms with E-state index in [2.05, 4.69) is 26.0 Å². The minimum Gasteiger partial charge on any atom is -0.494 e. The van der Waals surface area contributed by atoms with Gasteiger partial charge < -0.3 is 10.1 Å². The zero-order valence-electron chi connectivity index (χ0n) is 13.7. The third-order valence-electron chi connectivity index (χ3n) is 3.20. The lowest BCUT2D eigenvalue weighted by molar-refractivity contribution is -0.116. The van der Waals surface area contributed by atoms with E-state index in [-0.39, 0.29) is 23.8 Å². The van der Waals surface area contributed by atoms with Gasteiger partial charge in [-0.05, 0) is 49.4 Å². The highest BCUT2D eigenvalue weighted by Crippen LogP contribution is 2.17. The van der Waals surface area contributed by atoms with Crippen molar-refractivity contribution >= 4 is 37.5 Å². The molecule has 0 atom stereocenters. The Morgan fingerprint density at radius 2 is 1.88 bits per heavy atom. The Kier molecular flexibility index (Phi) is 6.98. The van der Waals surface area contributed by atoms with Gasteiger partial charge in [0.2, 0.25) is 15.9 Å². The number of hydrogen-bond donors (Lipinski definition) is 2. The number of nitrogens with one attached hydrogen (secondary N) is 2. The van der Waals surface area contributed by atoms with Crippen molar-refractivity contribution in [2.45, 2.75) is 18.2 Å². The van der Waals surface area contributed by atoms with Crippen LogP contribution < -0.4 is 14.8 Å². The van der Waals surface area contributed by atoms with Crippen LogP contribution in [-0.2, 0) is 14.8 Å². The molecule has 2 rings (SSSR count). The molecule has 0 fully saturated rings. The van der Waals surface area contributed by atoms with Crippen molar-refractivity contribution in [3.63, 3.8) is 0 Å². The Bertz CT molecular complexity index is 823. The molecule has 0 aliphatic carbocycles. The van der Waals surface area contributed by atoms with E-state index < -0.39 is 10.0 Å². The number of sulfonamides is 1. The van der Waals surface area contributed by atoms with E-state index in [9.17, 15) is 13.2 Å². The SMILES string of the molecule is CCOc1ccc(NC(=O)CCNS(=O)(=O)c2cccc(Br)c2)cc1. The quantitative estimate of drug-likeness (QED) is 0.678. The fourth-order valence-corrected chi connectivity index (χ4v) is 3.67. The number of anilines is 1. The van der Waals surface area contributed by atoms with Crippen LogP contribution in [0.25, 0.3) is 0 Å². The van der Waals surface area contributed by atoms with Crippen LogP contribution in [-0.4, -0.2) is 27.5 Å². The maximum absolute atomic E-state index is 12.1. The van der Waals surface area contributed by atoms with E-state index in [1.807, 2.05) is 6.92 Å². The van der Waals surface area contributed by atoms with Crippen molar-refractivity contribution in [2.75, 3.05) is 18.5 Å². The summed E-state index contributed by atoms with van der Waals surface area (Å²) in [5, 5.41) is 2.71. The average Bonchev–Trinajstić information content (AvgIpc) is 2.57. The highest BCUT2D eigenvalue weighted by molar-refractivity contribution is 9.10. The lowest BCUT2D eigenvalue weighted by Crippen LogP contribution is -2.27. The molecule has 134 valence electrons. The first-order chi connectivity index (χ1) is 11.9. The van der Waals surface area contributed by atoms with Crippen LogP contribution >= 0.6 is 15.9 Å². The highest BCUT2D eigenvalue weighted by Gasteiger charge is 2.14. The largest absolute Gasteiger partial charge is 0.494 e. The van der Waals surface area contributed by atoms with E-state index in [0.717, 1.165) is 5.75 Å². The molecule has 0 bridgehead atoms. The molecule has 1 amide bonds. The molecule has 8 heteroatoms. The fraction of sp³-hybridized carbons (Fsp3) is 0.235. The van der Waals surface area contributed by atoms with Gasteiger partial charge in [-0.1, -0.05) is 22.0 Å². The third-order valence-corrected chi connectivity index (χ3v) is 5.15. The molecule has 0 radical (unpaired) electrons. The van der Waals surface area contributed by atoms with E-state index in [0.29, 0.717) is 16.8 Å². The Labute approximate surface area is 155 Å². The predicted molar refractivity (Wildman–Crippen MR) is 100 cm³/mol. The van der Waals surface area contributed by atoms with Gasteiger partial charge in [-0.15, -0.1) is 0 Å². The number of benzene rings is 2. The van der Waals surface area contributed by atoms with Gasteiger partial charge >= 0.3 is 0 Å². The van der Waals surface area contributed by atoms with Gasteiger partial charge in [-0.2, -0.15) is 0 Å². The molecular formula is C17H19BrN2O4S. The second-order valence-corrected chi connectivity index (χ2v) is 7.79. The predicted octanol–water partition coefficient (Wildman–Crippen LogP) is 3.15. The van der Waals surface area contributed by atoms with E-state index in [4.69, 9.17) is 4.74 Å². The van der Waals surface area contributed by atoms with Gasteiger partial charge in [-0.3, -0.25) is 4.79 Å². The summed E-state index contributed by atoms with van der Waals surface area (Å²) in [6, 6.07) is 13.4. The van der Waals surface area contributed by atoms with Crippen LogP contribution in [0.15, 0.2) is 57.9 Å². The zero-order valence-corrected chi connectivity index (χ0v) is 16.1. The first-order valence-electron chi connectivity index (χ1n) is 7.68. The average molecular weight is 427 g/mol. The Morgan fingerprint density at radius 1 is 1.16 bits per heavy atom. The number of carbonyl (C=O) groups is 1. The van der Waals surface area contributed by atoms with Crippen molar-refractivity contribution in [2.24, 2.45) is 0 Å². The minimum atomic E-state index is -3.64. The first-order valence-corrected chi connectivity index (χ1v) is 9.96. The van der Waals surface area contributed by atoms with Gasteiger partial charge in [0.15, 0.2) is 0 Å². The van der Waals surface area contributed by atoms with Gasteiger partial charge in [0.05, 0.1) is 11.5 Å². The topological polar surface area (TPSA) is 84.5 Å². The monoisotopic (exact) mass is 426 g/mol. The number of ether oxygens (including phenoxy) is 1. The maximum Gasteiger partial charge on any atom is 0.240 e. The van der Waals surface area contributed by atoms with Gasteiger partial charge in [0, 0.05) is 23.1 Å². The summed E-state index contributed by atoms with van der Waals surface area (Å²) in [5.74, 6) is 0.448. The molecule has 0 saturated heterocycles. The Balaban J connectivity index is 1.83. The molecule has 2 aromatic rings. The van der Waals surface area contributed by atoms with Crippen LogP contribution in [0.5, 0.6) is 5.75 Å². The highest BCUT2D eigenvalue weighted by atomic mass is 79.9. The summed E-state index contributed by atoms with van der Waals surface area (Å²) in [4.78, 5) is 12.1. The Morgan fingerprint density at radius 3 is 2.52 bits per heavy atom. The molecule has 0 spiro atoms. The smallest absolute Gasteiger partial charge is 0.240 e. The zero-order chi connectivity index (χ0) is 18.3. The normalized spacial score (nSPS) is 11.1. The van der Waals surface area contributed by atoms with E-state index >= 15 is 0 Å². The minimum absolute atomic E-state index is 0.0116. The van der Waals surface area contributed by atoms with Gasteiger partial charge in [-0.25, -0.2) is 13.1 Å². The molecule has 0 unspecified atom stereocenters. The van der Waals surface area contributed by atoms with Crippen LogP contribution in [0.3, 0.4) is 0 Å². The fourth-order valence-electron chi connectivity index (χ4n) is 2.04. The molecule has 0 heterocycles. The summed E-state index contributed by atoms with van der Waals surface area (Å²) in [7, 11) is -3.64. The lowest BCUT2D eigenvalue weighted by atomic mass is 10.3. The molecular weight excluding hydrogens is 408 g/mol. The summed E-state index contributed by atoms with van der Waals surface area (Å²) in [6.07, 6.45) is 0.0282. The molecule has 0 aliphatic heterocycles. The molecule has 2 N–H and O–H groups in total. The van der Waals surface area contributed by atoms with Gasteiger partial charge in [0.1, 0.15) is 5.75 Å². The Hall–Kier alpha value is -1.90. The van der Waals surface area contributed by atoms with Crippen LogP contribution in [0.1, 0.15) is 13.3 Å². The van der Waals surface area contributed by atoms with Crippen molar-refractivity contribution in [3.05, 3.63) is 53.0 Å². The number of amides is 1. The van der Waals surface area contributed by atoms with Crippen LogP contribution in [0.4, 0.5) is 5.69 Å². The molecule has 0 saturated carbocycles. The lowest BCUT2D eigenvalue weighted by Gasteiger charge is -2.09. The molecule has 2 aromatic carbocycles. The number of rotatable bonds is 8. The summed E-state index contributed by atoms with van der Waals surface area (Å²) in [6.45, 7) is 2.48. The summed E-state index contributed by atoms with van der Waals surface area (Å²) < 4.78 is 32.7. The molecule has 0 aromatic heterocycles. The number of halogens is 1. The van der Waals surface area contributed by atoms with Crippen molar-refractivity contribution in [3.8, 4) is 5.75 Å². The maximum atomic E-state index is 12.1. The van der Waals surface area contributed by atoms with Crippen molar-refractivity contribution in [1.29, 1.82) is 0 Å². The van der Waals surface area contributed by atoms with Gasteiger partial charge in [0.25, 0.3) is 0 Å². The number of carbonyl (C=O) groups excluding carboxylic acids is 1.